The molecule has 0 radical (unpaired) electrons. The minimum absolute atomic E-state index is 0.165. The van der Waals surface area contributed by atoms with Gasteiger partial charge in [-0.2, -0.15) is 13.2 Å². The average molecular weight is 361 g/mol. The van der Waals surface area contributed by atoms with Gasteiger partial charge in [0.1, 0.15) is 11.5 Å². The van der Waals surface area contributed by atoms with Gasteiger partial charge in [-0.05, 0) is 30.3 Å². The highest BCUT2D eigenvalue weighted by Gasteiger charge is 2.31. The number of carboxylic acids is 1. The minimum atomic E-state index is -4.59. The van der Waals surface area contributed by atoms with Crippen LogP contribution >= 0.6 is 11.6 Å². The molecule has 126 valence electrons. The summed E-state index contributed by atoms with van der Waals surface area (Å²) in [4.78, 5) is 20.7. The van der Waals surface area contributed by atoms with Gasteiger partial charge in [0.2, 0.25) is 0 Å². The Hall–Kier alpha value is -2.81. The first kappa shape index (κ1) is 17.5. The first-order valence-electron chi connectivity index (χ1n) is 6.14. The number of carboxylic acid groups (broad SMARTS) is 1. The zero-order valence-electron chi connectivity index (χ0n) is 11.5. The van der Waals surface area contributed by atoms with Gasteiger partial charge in [0.05, 0.1) is 27.0 Å². The second kappa shape index (κ2) is 6.36. The lowest BCUT2D eigenvalue weighted by Crippen LogP contribution is -2.23. The van der Waals surface area contributed by atoms with E-state index in [0.29, 0.717) is 6.07 Å². The normalized spacial score (nSPS) is 11.2. The predicted octanol–water partition coefficient (Wildman–Crippen LogP) is 3.42. The first-order chi connectivity index (χ1) is 11.1. The van der Waals surface area contributed by atoms with Crippen LogP contribution < -0.4 is 9.84 Å². The zero-order chi connectivity index (χ0) is 18.1. The lowest BCUT2D eigenvalue weighted by atomic mass is 10.1. The Morgan fingerprint density at radius 1 is 1.17 bits per heavy atom. The van der Waals surface area contributed by atoms with Crippen molar-refractivity contribution in [2.24, 2.45) is 0 Å². The summed E-state index contributed by atoms with van der Waals surface area (Å²) in [5, 5.41) is 21.3. The number of hydrogen-bond acceptors (Lipinski definition) is 5. The van der Waals surface area contributed by atoms with E-state index < -0.39 is 33.9 Å². The minimum Gasteiger partial charge on any atom is -0.545 e. The Morgan fingerprint density at radius 2 is 1.83 bits per heavy atom. The number of halogens is 4. The molecule has 0 unspecified atom stereocenters. The second-order valence-corrected chi connectivity index (χ2v) is 4.88. The van der Waals surface area contributed by atoms with E-state index in [1.54, 1.807) is 0 Å². The van der Waals surface area contributed by atoms with E-state index in [9.17, 15) is 33.2 Å². The Labute approximate surface area is 137 Å². The van der Waals surface area contributed by atoms with E-state index in [2.05, 4.69) is 0 Å². The van der Waals surface area contributed by atoms with Gasteiger partial charge in [0.25, 0.3) is 5.69 Å². The number of rotatable bonds is 4. The number of aromatic carboxylic acids is 1. The molecular formula is C14H6ClF3NO5-. The molecule has 24 heavy (non-hydrogen) atoms. The number of nitro benzene ring substituents is 1. The van der Waals surface area contributed by atoms with E-state index in [4.69, 9.17) is 16.3 Å². The van der Waals surface area contributed by atoms with Crippen molar-refractivity contribution in [1.82, 2.24) is 0 Å². The monoisotopic (exact) mass is 360 g/mol. The van der Waals surface area contributed by atoms with Crippen LogP contribution in [0.3, 0.4) is 0 Å². The molecule has 0 heterocycles. The summed E-state index contributed by atoms with van der Waals surface area (Å²) in [6.45, 7) is 0. The summed E-state index contributed by atoms with van der Waals surface area (Å²) in [5.41, 5.74) is -2.43. The second-order valence-electron chi connectivity index (χ2n) is 4.47. The molecule has 0 bridgehead atoms. The lowest BCUT2D eigenvalue weighted by molar-refractivity contribution is -0.385. The number of nitro groups is 1. The number of alkyl halides is 3. The summed E-state index contributed by atoms with van der Waals surface area (Å²) in [7, 11) is 0. The van der Waals surface area contributed by atoms with Crippen molar-refractivity contribution in [1.29, 1.82) is 0 Å². The SMILES string of the molecule is O=C([O-])c1cc(Oc2ccc(C(F)(F)F)cc2Cl)ccc1[N+](=O)[O-]. The lowest BCUT2D eigenvalue weighted by Gasteiger charge is -2.12. The summed E-state index contributed by atoms with van der Waals surface area (Å²) in [6, 6.07) is 5.10. The quantitative estimate of drug-likeness (QED) is 0.615. The van der Waals surface area contributed by atoms with Gasteiger partial charge < -0.3 is 14.6 Å². The average Bonchev–Trinajstić information content (AvgIpc) is 2.47. The van der Waals surface area contributed by atoms with Crippen molar-refractivity contribution in [3.05, 3.63) is 62.7 Å². The molecule has 0 N–H and O–H groups in total. The van der Waals surface area contributed by atoms with Crippen LogP contribution in [0.2, 0.25) is 5.02 Å². The van der Waals surface area contributed by atoms with E-state index in [-0.39, 0.29) is 16.5 Å². The highest BCUT2D eigenvalue weighted by atomic mass is 35.5. The van der Waals surface area contributed by atoms with Crippen molar-refractivity contribution in [3.63, 3.8) is 0 Å². The molecule has 6 nitrogen and oxygen atoms in total. The van der Waals surface area contributed by atoms with Crippen molar-refractivity contribution in [2.75, 3.05) is 0 Å². The first-order valence-corrected chi connectivity index (χ1v) is 6.52. The van der Waals surface area contributed by atoms with Gasteiger partial charge >= 0.3 is 6.18 Å². The van der Waals surface area contributed by atoms with Gasteiger partial charge in [-0.3, -0.25) is 10.1 Å². The number of carbonyl (C=O) groups excluding carboxylic acids is 1. The third kappa shape index (κ3) is 3.74. The number of benzene rings is 2. The Bertz CT molecular complexity index is 823. The molecule has 0 atom stereocenters. The number of hydrogen-bond donors (Lipinski definition) is 0. The molecule has 2 aromatic carbocycles. The fraction of sp³-hybridized carbons (Fsp3) is 0.0714. The molecule has 0 saturated heterocycles. The molecule has 0 amide bonds. The highest BCUT2D eigenvalue weighted by Crippen LogP contribution is 2.37. The van der Waals surface area contributed by atoms with Crippen LogP contribution in [0.4, 0.5) is 18.9 Å². The maximum atomic E-state index is 12.6. The standard InChI is InChI=1S/C14H7ClF3NO5/c15-10-5-7(14(16,17)18)1-4-12(10)24-8-2-3-11(19(22)23)9(6-8)13(20)21/h1-6H,(H,20,21)/p-1. The summed E-state index contributed by atoms with van der Waals surface area (Å²) < 4.78 is 42.8. The van der Waals surface area contributed by atoms with Gasteiger partial charge in [-0.1, -0.05) is 11.6 Å². The number of ether oxygens (including phenoxy) is 1. The zero-order valence-corrected chi connectivity index (χ0v) is 12.2. The van der Waals surface area contributed by atoms with Crippen LogP contribution in [0.5, 0.6) is 11.5 Å². The van der Waals surface area contributed by atoms with Gasteiger partial charge in [-0.15, -0.1) is 0 Å². The Balaban J connectivity index is 2.37. The topological polar surface area (TPSA) is 92.5 Å². The van der Waals surface area contributed by atoms with E-state index >= 15 is 0 Å². The largest absolute Gasteiger partial charge is 0.545 e. The van der Waals surface area contributed by atoms with Crippen LogP contribution in [0.1, 0.15) is 15.9 Å². The third-order valence-electron chi connectivity index (χ3n) is 2.87. The van der Waals surface area contributed by atoms with Crippen LogP contribution in [0, 0.1) is 10.1 Å². The van der Waals surface area contributed by atoms with Crippen molar-refractivity contribution in [3.8, 4) is 11.5 Å². The molecule has 0 fully saturated rings. The smallest absolute Gasteiger partial charge is 0.416 e. The summed E-state index contributed by atoms with van der Waals surface area (Å²) in [6.07, 6.45) is -4.59. The van der Waals surface area contributed by atoms with Crippen LogP contribution in [-0.4, -0.2) is 10.9 Å². The molecule has 0 aliphatic carbocycles. The molecule has 0 aliphatic heterocycles. The third-order valence-corrected chi connectivity index (χ3v) is 3.17. The predicted molar refractivity (Wildman–Crippen MR) is 74.0 cm³/mol. The highest BCUT2D eigenvalue weighted by molar-refractivity contribution is 6.32. The molecule has 2 aromatic rings. The van der Waals surface area contributed by atoms with Gasteiger partial charge in [0.15, 0.2) is 0 Å². The van der Waals surface area contributed by atoms with Crippen molar-refractivity contribution >= 4 is 23.3 Å². The Morgan fingerprint density at radius 3 is 2.33 bits per heavy atom. The van der Waals surface area contributed by atoms with Gasteiger partial charge in [-0.25, -0.2) is 0 Å². The summed E-state index contributed by atoms with van der Waals surface area (Å²) >= 11 is 5.71. The molecule has 0 saturated carbocycles. The van der Waals surface area contributed by atoms with Crippen molar-refractivity contribution in [2.45, 2.75) is 6.18 Å². The van der Waals surface area contributed by atoms with Gasteiger partial charge in [0, 0.05) is 6.07 Å². The molecule has 2 rings (SSSR count). The molecular weight excluding hydrogens is 355 g/mol. The van der Waals surface area contributed by atoms with E-state index in [0.717, 1.165) is 30.3 Å². The fourth-order valence-electron chi connectivity index (χ4n) is 1.79. The number of nitrogens with zero attached hydrogens (tertiary/aromatic N) is 1. The van der Waals surface area contributed by atoms with Crippen LogP contribution in [-0.2, 0) is 6.18 Å². The molecule has 10 heteroatoms. The molecule has 0 aromatic heterocycles. The van der Waals surface area contributed by atoms with Crippen LogP contribution in [0.15, 0.2) is 36.4 Å². The van der Waals surface area contributed by atoms with Crippen LogP contribution in [0.25, 0.3) is 0 Å². The van der Waals surface area contributed by atoms with Crippen molar-refractivity contribution < 1.29 is 32.7 Å². The number of carbonyl (C=O) groups is 1. The molecule has 0 aliphatic rings. The molecule has 0 spiro atoms. The fourth-order valence-corrected chi connectivity index (χ4v) is 2.01. The maximum Gasteiger partial charge on any atom is 0.416 e. The van der Waals surface area contributed by atoms with E-state index in [1.165, 1.54) is 0 Å². The van der Waals surface area contributed by atoms with E-state index in [1.807, 2.05) is 0 Å². The summed E-state index contributed by atoms with van der Waals surface area (Å²) in [5.74, 6) is -2.14. The maximum absolute atomic E-state index is 12.6. The Kier molecular flexibility index (Phi) is 4.65.